The first kappa shape index (κ1) is 22.7. The Morgan fingerprint density at radius 3 is 2.59 bits per heavy atom. The van der Waals surface area contributed by atoms with Crippen molar-refractivity contribution >= 4 is 23.5 Å². The molecule has 4 rings (SSSR count). The number of nitrogens with zero attached hydrogens (tertiary/aromatic N) is 1. The third-order valence-corrected chi connectivity index (χ3v) is 7.35. The number of carbonyl (C=O) groups excluding carboxylic acids is 3. The van der Waals surface area contributed by atoms with Gasteiger partial charge in [-0.15, -0.1) is 0 Å². The van der Waals surface area contributed by atoms with E-state index in [4.69, 9.17) is 9.47 Å². The molecule has 32 heavy (non-hydrogen) atoms. The summed E-state index contributed by atoms with van der Waals surface area (Å²) in [5.74, 6) is -2.58. The van der Waals surface area contributed by atoms with E-state index < -0.39 is 35.0 Å². The molecule has 2 amide bonds. The van der Waals surface area contributed by atoms with E-state index >= 15 is 0 Å². The van der Waals surface area contributed by atoms with Gasteiger partial charge in [0.05, 0.1) is 18.1 Å². The molecular formula is C24H32N2O6. The molecule has 1 spiro atoms. The number of anilines is 1. The van der Waals surface area contributed by atoms with Crippen LogP contribution in [0.2, 0.25) is 0 Å². The van der Waals surface area contributed by atoms with E-state index in [1.165, 1.54) is 4.90 Å². The Hall–Kier alpha value is -2.45. The summed E-state index contributed by atoms with van der Waals surface area (Å²) in [4.78, 5) is 41.7. The molecule has 2 bridgehead atoms. The van der Waals surface area contributed by atoms with Crippen LogP contribution in [0.1, 0.15) is 44.2 Å². The molecular weight excluding hydrogens is 412 g/mol. The zero-order valence-corrected chi connectivity index (χ0v) is 19.1. The van der Waals surface area contributed by atoms with E-state index in [0.29, 0.717) is 24.9 Å². The number of nitrogens with one attached hydrogen (secondary N) is 1. The first-order valence-corrected chi connectivity index (χ1v) is 11.4. The van der Waals surface area contributed by atoms with Crippen LogP contribution in [-0.2, 0) is 23.9 Å². The summed E-state index contributed by atoms with van der Waals surface area (Å²) in [6, 6.07) is 4.88. The number of hydrogen-bond acceptors (Lipinski definition) is 6. The smallest absolute Gasteiger partial charge is 0.312 e. The molecule has 0 aromatic heterocycles. The van der Waals surface area contributed by atoms with Gasteiger partial charge in [0.15, 0.2) is 0 Å². The lowest BCUT2D eigenvalue weighted by atomic mass is 9.66. The van der Waals surface area contributed by atoms with Crippen molar-refractivity contribution in [2.45, 2.75) is 64.2 Å². The fourth-order valence-corrected chi connectivity index (χ4v) is 6.00. The van der Waals surface area contributed by atoms with Gasteiger partial charge < -0.3 is 24.8 Å². The summed E-state index contributed by atoms with van der Waals surface area (Å²) in [6.45, 7) is 7.73. The number of aliphatic hydroxyl groups excluding tert-OH is 1. The average Bonchev–Trinajstić information content (AvgIpc) is 3.30. The molecule has 3 heterocycles. The molecule has 8 nitrogen and oxygen atoms in total. The summed E-state index contributed by atoms with van der Waals surface area (Å²) in [5, 5.41) is 12.4. The van der Waals surface area contributed by atoms with Crippen molar-refractivity contribution < 1.29 is 29.0 Å². The molecule has 1 aromatic rings. The second kappa shape index (κ2) is 8.15. The van der Waals surface area contributed by atoms with Crippen molar-refractivity contribution in [2.75, 3.05) is 25.1 Å². The quantitative estimate of drug-likeness (QED) is 0.623. The van der Waals surface area contributed by atoms with E-state index in [-0.39, 0.29) is 31.6 Å². The molecule has 2 N–H and O–H groups in total. The van der Waals surface area contributed by atoms with E-state index in [0.717, 1.165) is 11.1 Å². The molecule has 1 aromatic carbocycles. The summed E-state index contributed by atoms with van der Waals surface area (Å²) >= 11 is 0. The first-order chi connectivity index (χ1) is 15.2. The number of para-hydroxylation sites is 1. The Morgan fingerprint density at radius 2 is 1.97 bits per heavy atom. The van der Waals surface area contributed by atoms with Crippen LogP contribution in [0.3, 0.4) is 0 Å². The zero-order chi connectivity index (χ0) is 23.3. The van der Waals surface area contributed by atoms with Crippen LogP contribution in [-0.4, -0.2) is 64.8 Å². The lowest BCUT2D eigenvalue weighted by molar-refractivity contribution is -0.159. The predicted molar refractivity (Wildman–Crippen MR) is 117 cm³/mol. The number of ether oxygens (including phenoxy) is 2. The van der Waals surface area contributed by atoms with Crippen LogP contribution in [0.4, 0.5) is 5.69 Å². The van der Waals surface area contributed by atoms with Crippen LogP contribution < -0.4 is 5.32 Å². The van der Waals surface area contributed by atoms with Crippen molar-refractivity contribution in [3.63, 3.8) is 0 Å². The van der Waals surface area contributed by atoms with Gasteiger partial charge in [-0.2, -0.15) is 0 Å². The minimum absolute atomic E-state index is 0.105. The highest BCUT2D eigenvalue weighted by atomic mass is 16.6. The largest absolute Gasteiger partial charge is 0.466 e. The van der Waals surface area contributed by atoms with Gasteiger partial charge in [0, 0.05) is 18.8 Å². The van der Waals surface area contributed by atoms with Gasteiger partial charge in [0.2, 0.25) is 11.8 Å². The van der Waals surface area contributed by atoms with Crippen LogP contribution in [0.25, 0.3) is 0 Å². The highest BCUT2D eigenvalue weighted by Crippen LogP contribution is 2.63. The summed E-state index contributed by atoms with van der Waals surface area (Å²) in [5.41, 5.74) is 0.637. The maximum absolute atomic E-state index is 13.7. The Balaban J connectivity index is 1.74. The van der Waals surface area contributed by atoms with Crippen molar-refractivity contribution in [2.24, 2.45) is 11.8 Å². The predicted octanol–water partition coefficient (Wildman–Crippen LogP) is 1.95. The Labute approximate surface area is 188 Å². The number of carbonyl (C=O) groups is 3. The van der Waals surface area contributed by atoms with Crippen molar-refractivity contribution in [1.82, 2.24) is 4.90 Å². The van der Waals surface area contributed by atoms with Gasteiger partial charge in [-0.05, 0) is 58.1 Å². The molecule has 3 saturated heterocycles. The third kappa shape index (κ3) is 3.23. The van der Waals surface area contributed by atoms with E-state index in [9.17, 15) is 19.5 Å². The topological polar surface area (TPSA) is 105 Å². The van der Waals surface area contributed by atoms with Gasteiger partial charge in [0.1, 0.15) is 17.6 Å². The van der Waals surface area contributed by atoms with Gasteiger partial charge in [0.25, 0.3) is 0 Å². The molecule has 0 radical (unpaired) electrons. The lowest BCUT2D eigenvalue weighted by Crippen LogP contribution is -2.53. The minimum Gasteiger partial charge on any atom is -0.466 e. The van der Waals surface area contributed by atoms with Gasteiger partial charge in [-0.1, -0.05) is 18.2 Å². The number of esters is 1. The van der Waals surface area contributed by atoms with Crippen LogP contribution in [0.5, 0.6) is 0 Å². The maximum atomic E-state index is 13.7. The van der Waals surface area contributed by atoms with Gasteiger partial charge >= 0.3 is 5.97 Å². The summed E-state index contributed by atoms with van der Waals surface area (Å²) in [6.07, 6.45) is 1.42. The lowest BCUT2D eigenvalue weighted by Gasteiger charge is -2.33. The monoisotopic (exact) mass is 444 g/mol. The molecule has 0 aliphatic carbocycles. The SMILES string of the molecule is CCOC(=O)[C@@H]1[C@H]2C(=O)N(CCCO)C(C(=O)Nc3c(C)cccc3C)C23CC[C@@]1(C)O3. The van der Waals surface area contributed by atoms with Gasteiger partial charge in [-0.25, -0.2) is 0 Å². The van der Waals surface area contributed by atoms with E-state index in [1.54, 1.807) is 6.92 Å². The highest BCUT2D eigenvalue weighted by Gasteiger charge is 2.78. The molecule has 2 unspecified atom stereocenters. The van der Waals surface area contributed by atoms with E-state index in [2.05, 4.69) is 5.32 Å². The number of amides is 2. The highest BCUT2D eigenvalue weighted by molar-refractivity contribution is 6.04. The second-order valence-electron chi connectivity index (χ2n) is 9.34. The molecule has 3 fully saturated rings. The number of likely N-dealkylation sites (tertiary alicyclic amines) is 1. The number of benzene rings is 1. The third-order valence-electron chi connectivity index (χ3n) is 7.35. The molecule has 5 atom stereocenters. The van der Waals surface area contributed by atoms with Crippen molar-refractivity contribution in [1.29, 1.82) is 0 Å². The summed E-state index contributed by atoms with van der Waals surface area (Å²) < 4.78 is 11.8. The molecule has 3 aliphatic heterocycles. The Morgan fingerprint density at radius 1 is 1.28 bits per heavy atom. The van der Waals surface area contributed by atoms with Gasteiger partial charge in [-0.3, -0.25) is 14.4 Å². The zero-order valence-electron chi connectivity index (χ0n) is 19.1. The number of aryl methyl sites for hydroxylation is 2. The van der Waals surface area contributed by atoms with Crippen molar-refractivity contribution in [3.8, 4) is 0 Å². The molecule has 174 valence electrons. The maximum Gasteiger partial charge on any atom is 0.312 e. The Kier molecular flexibility index (Phi) is 5.79. The fraction of sp³-hybridized carbons (Fsp3) is 0.625. The minimum atomic E-state index is -1.08. The van der Waals surface area contributed by atoms with Crippen molar-refractivity contribution in [3.05, 3.63) is 29.3 Å². The fourth-order valence-electron chi connectivity index (χ4n) is 6.00. The normalized spacial score (nSPS) is 32.8. The first-order valence-electron chi connectivity index (χ1n) is 11.4. The van der Waals surface area contributed by atoms with Crippen LogP contribution in [0, 0.1) is 25.7 Å². The number of hydrogen-bond donors (Lipinski definition) is 2. The number of fused-ring (bicyclic) bond motifs is 1. The average molecular weight is 445 g/mol. The second-order valence-corrected chi connectivity index (χ2v) is 9.34. The number of aliphatic hydroxyl groups is 1. The Bertz CT molecular complexity index is 928. The molecule has 3 aliphatic rings. The van der Waals surface area contributed by atoms with Crippen LogP contribution in [0.15, 0.2) is 18.2 Å². The van der Waals surface area contributed by atoms with Crippen LogP contribution >= 0.6 is 0 Å². The molecule has 8 heteroatoms. The van der Waals surface area contributed by atoms with E-state index in [1.807, 2.05) is 39.0 Å². The molecule has 0 saturated carbocycles. The summed E-state index contributed by atoms with van der Waals surface area (Å²) in [7, 11) is 0. The number of rotatable bonds is 7. The standard InChI is InChI=1S/C24H32N2O6/c1-5-31-22(30)17-16-21(29)26(12-7-13-27)19(24(16)11-10-23(17,4)32-24)20(28)25-18-14(2)8-6-9-15(18)3/h6,8-9,16-17,19,27H,5,7,10-13H2,1-4H3,(H,25,28)/t16-,17-,19?,23+,24?/m0/s1.